The highest BCUT2D eigenvalue weighted by atomic mass is 16.4. The molecule has 0 heterocycles. The molecule has 17 heavy (non-hydrogen) atoms. The highest BCUT2D eigenvalue weighted by Gasteiger charge is 2.14. The van der Waals surface area contributed by atoms with Crippen LogP contribution in [0, 0.1) is 5.92 Å². The third-order valence-electron chi connectivity index (χ3n) is 2.65. The molecule has 0 saturated carbocycles. The molecular weight excluding hydrogens is 214 g/mol. The van der Waals surface area contributed by atoms with Crippen LogP contribution in [0.5, 0.6) is 0 Å². The number of benzene rings is 1. The molecular formula is C14H21NO2. The summed E-state index contributed by atoms with van der Waals surface area (Å²) in [5, 5.41) is 12.2. The fraction of sp³-hybridized carbons (Fsp3) is 0.500. The van der Waals surface area contributed by atoms with Gasteiger partial charge in [-0.15, -0.1) is 0 Å². The van der Waals surface area contributed by atoms with Gasteiger partial charge >= 0.3 is 5.97 Å². The van der Waals surface area contributed by atoms with Crippen molar-refractivity contribution in [3.05, 3.63) is 35.9 Å². The molecule has 0 aliphatic rings. The standard InChI is InChI=1S/C14H21NO2/c1-11(2)15-10-13(9-14(16)17)8-12-6-4-3-5-7-12/h3-7,11,13,15H,8-10H2,1-2H3,(H,16,17). The first-order valence-electron chi connectivity index (χ1n) is 6.07. The fourth-order valence-electron chi connectivity index (χ4n) is 1.81. The number of carboxylic acids is 1. The van der Waals surface area contributed by atoms with Crippen LogP contribution in [0.25, 0.3) is 0 Å². The number of carbonyl (C=O) groups is 1. The van der Waals surface area contributed by atoms with Gasteiger partial charge in [0.25, 0.3) is 0 Å². The Morgan fingerprint density at radius 2 is 1.94 bits per heavy atom. The van der Waals surface area contributed by atoms with Crippen LogP contribution < -0.4 is 5.32 Å². The number of aliphatic carboxylic acids is 1. The van der Waals surface area contributed by atoms with Crippen molar-refractivity contribution in [1.82, 2.24) is 5.32 Å². The van der Waals surface area contributed by atoms with E-state index in [0.29, 0.717) is 6.04 Å². The lowest BCUT2D eigenvalue weighted by Gasteiger charge is -2.17. The predicted octanol–water partition coefficient (Wildman–Crippen LogP) is 2.32. The molecule has 0 bridgehead atoms. The van der Waals surface area contributed by atoms with Crippen molar-refractivity contribution in [3.63, 3.8) is 0 Å². The minimum atomic E-state index is -0.725. The normalized spacial score (nSPS) is 12.6. The van der Waals surface area contributed by atoms with Crippen molar-refractivity contribution in [2.75, 3.05) is 6.54 Å². The molecule has 0 aliphatic carbocycles. The largest absolute Gasteiger partial charge is 0.481 e. The molecule has 0 amide bonds. The van der Waals surface area contributed by atoms with Crippen LogP contribution in [0.2, 0.25) is 0 Å². The van der Waals surface area contributed by atoms with E-state index in [1.165, 1.54) is 5.56 Å². The Bertz CT molecular complexity index is 335. The number of hydrogen-bond acceptors (Lipinski definition) is 2. The van der Waals surface area contributed by atoms with E-state index < -0.39 is 5.97 Å². The van der Waals surface area contributed by atoms with E-state index in [1.54, 1.807) is 0 Å². The van der Waals surface area contributed by atoms with Gasteiger partial charge in [-0.2, -0.15) is 0 Å². The second-order valence-electron chi connectivity index (χ2n) is 4.72. The fourth-order valence-corrected chi connectivity index (χ4v) is 1.81. The van der Waals surface area contributed by atoms with E-state index in [2.05, 4.69) is 19.2 Å². The van der Waals surface area contributed by atoms with Gasteiger partial charge in [-0.25, -0.2) is 0 Å². The Labute approximate surface area is 103 Å². The first-order valence-corrected chi connectivity index (χ1v) is 6.07. The highest BCUT2D eigenvalue weighted by molar-refractivity contribution is 5.67. The summed E-state index contributed by atoms with van der Waals surface area (Å²) in [4.78, 5) is 10.8. The summed E-state index contributed by atoms with van der Waals surface area (Å²) < 4.78 is 0. The summed E-state index contributed by atoms with van der Waals surface area (Å²) in [6.45, 7) is 4.89. The zero-order chi connectivity index (χ0) is 12.7. The van der Waals surface area contributed by atoms with E-state index in [-0.39, 0.29) is 12.3 Å². The summed E-state index contributed by atoms with van der Waals surface area (Å²) in [5.41, 5.74) is 1.20. The number of hydrogen-bond donors (Lipinski definition) is 2. The van der Waals surface area contributed by atoms with Gasteiger partial charge in [-0.3, -0.25) is 4.79 Å². The molecule has 94 valence electrons. The third-order valence-corrected chi connectivity index (χ3v) is 2.65. The average Bonchev–Trinajstić information content (AvgIpc) is 2.26. The summed E-state index contributed by atoms with van der Waals surface area (Å²) in [6.07, 6.45) is 1.03. The zero-order valence-corrected chi connectivity index (χ0v) is 10.5. The van der Waals surface area contributed by atoms with E-state index in [1.807, 2.05) is 30.3 Å². The molecule has 0 spiro atoms. The molecule has 0 aromatic heterocycles. The summed E-state index contributed by atoms with van der Waals surface area (Å²) in [5.74, 6) is -0.575. The summed E-state index contributed by atoms with van der Waals surface area (Å²) in [6, 6.07) is 10.4. The van der Waals surface area contributed by atoms with E-state index in [0.717, 1.165) is 13.0 Å². The number of nitrogens with one attached hydrogen (secondary N) is 1. The minimum absolute atomic E-state index is 0.150. The zero-order valence-electron chi connectivity index (χ0n) is 10.5. The highest BCUT2D eigenvalue weighted by Crippen LogP contribution is 2.12. The molecule has 1 atom stereocenters. The minimum Gasteiger partial charge on any atom is -0.481 e. The van der Waals surface area contributed by atoms with Crippen molar-refractivity contribution < 1.29 is 9.90 Å². The van der Waals surface area contributed by atoms with Crippen LogP contribution in [0.15, 0.2) is 30.3 Å². The molecule has 3 heteroatoms. The molecule has 0 aliphatic heterocycles. The Kier molecular flexibility index (Phi) is 5.70. The van der Waals surface area contributed by atoms with Gasteiger partial charge in [0.1, 0.15) is 0 Å². The average molecular weight is 235 g/mol. The molecule has 1 aromatic rings. The molecule has 1 unspecified atom stereocenters. The topological polar surface area (TPSA) is 49.3 Å². The van der Waals surface area contributed by atoms with Gasteiger partial charge in [-0.1, -0.05) is 44.2 Å². The Morgan fingerprint density at radius 3 is 2.47 bits per heavy atom. The molecule has 1 rings (SSSR count). The molecule has 0 fully saturated rings. The van der Waals surface area contributed by atoms with Crippen LogP contribution in [-0.2, 0) is 11.2 Å². The lowest BCUT2D eigenvalue weighted by Crippen LogP contribution is -2.31. The first kappa shape index (κ1) is 13.7. The quantitative estimate of drug-likeness (QED) is 0.762. The lowest BCUT2D eigenvalue weighted by atomic mass is 9.96. The maximum Gasteiger partial charge on any atom is 0.303 e. The van der Waals surface area contributed by atoms with Crippen molar-refractivity contribution in [1.29, 1.82) is 0 Å². The van der Waals surface area contributed by atoms with Crippen LogP contribution in [0.4, 0.5) is 0 Å². The molecule has 3 nitrogen and oxygen atoms in total. The Hall–Kier alpha value is -1.35. The van der Waals surface area contributed by atoms with Gasteiger partial charge < -0.3 is 10.4 Å². The Morgan fingerprint density at radius 1 is 1.29 bits per heavy atom. The third kappa shape index (κ3) is 6.07. The van der Waals surface area contributed by atoms with Crippen LogP contribution in [0.1, 0.15) is 25.8 Å². The second-order valence-corrected chi connectivity index (χ2v) is 4.72. The molecule has 2 N–H and O–H groups in total. The van der Waals surface area contributed by atoms with Gasteiger partial charge in [0.15, 0.2) is 0 Å². The smallest absolute Gasteiger partial charge is 0.303 e. The summed E-state index contributed by atoms with van der Waals surface area (Å²) in [7, 11) is 0. The first-order chi connectivity index (χ1) is 8.08. The maximum absolute atomic E-state index is 10.8. The second kappa shape index (κ2) is 7.07. The van der Waals surface area contributed by atoms with Crippen molar-refractivity contribution in [2.45, 2.75) is 32.7 Å². The van der Waals surface area contributed by atoms with E-state index >= 15 is 0 Å². The van der Waals surface area contributed by atoms with Crippen molar-refractivity contribution in [3.8, 4) is 0 Å². The van der Waals surface area contributed by atoms with Gasteiger partial charge in [0.2, 0.25) is 0 Å². The lowest BCUT2D eigenvalue weighted by molar-refractivity contribution is -0.138. The number of rotatable bonds is 7. The van der Waals surface area contributed by atoms with E-state index in [9.17, 15) is 4.79 Å². The Balaban J connectivity index is 2.54. The SMILES string of the molecule is CC(C)NCC(CC(=O)O)Cc1ccccc1. The predicted molar refractivity (Wildman–Crippen MR) is 69.0 cm³/mol. The van der Waals surface area contributed by atoms with Gasteiger partial charge in [0.05, 0.1) is 0 Å². The van der Waals surface area contributed by atoms with Crippen LogP contribution >= 0.6 is 0 Å². The van der Waals surface area contributed by atoms with Gasteiger partial charge in [-0.05, 0) is 24.4 Å². The van der Waals surface area contributed by atoms with Crippen LogP contribution in [-0.4, -0.2) is 23.7 Å². The van der Waals surface area contributed by atoms with Crippen LogP contribution in [0.3, 0.4) is 0 Å². The summed E-state index contributed by atoms with van der Waals surface area (Å²) >= 11 is 0. The monoisotopic (exact) mass is 235 g/mol. The molecule has 0 saturated heterocycles. The molecule has 1 aromatic carbocycles. The van der Waals surface area contributed by atoms with Crippen molar-refractivity contribution in [2.24, 2.45) is 5.92 Å². The van der Waals surface area contributed by atoms with Crippen molar-refractivity contribution >= 4 is 5.97 Å². The molecule has 0 radical (unpaired) electrons. The van der Waals surface area contributed by atoms with E-state index in [4.69, 9.17) is 5.11 Å². The maximum atomic E-state index is 10.8. The van der Waals surface area contributed by atoms with Gasteiger partial charge in [0, 0.05) is 12.5 Å². The number of carboxylic acid groups (broad SMARTS) is 1.